The number of sulfone groups is 1. The van der Waals surface area contributed by atoms with Crippen molar-refractivity contribution in [2.24, 2.45) is 5.92 Å². The van der Waals surface area contributed by atoms with E-state index in [4.69, 9.17) is 0 Å². The number of aliphatic hydroxyl groups is 1. The molecule has 0 radical (unpaired) electrons. The normalized spacial score (nSPS) is 29.7. The van der Waals surface area contributed by atoms with Gasteiger partial charge in [0.25, 0.3) is 0 Å². The maximum atomic E-state index is 13.1. The van der Waals surface area contributed by atoms with Crippen molar-refractivity contribution in [1.82, 2.24) is 4.90 Å². The van der Waals surface area contributed by atoms with Crippen LogP contribution in [0.25, 0.3) is 0 Å². The lowest BCUT2D eigenvalue weighted by Crippen LogP contribution is -2.34. The number of rotatable bonds is 3. The fourth-order valence-electron chi connectivity index (χ4n) is 3.57. The summed E-state index contributed by atoms with van der Waals surface area (Å²) in [6.45, 7) is 1.40. The van der Waals surface area contributed by atoms with Gasteiger partial charge in [-0.05, 0) is 42.9 Å². The topological polar surface area (TPSA) is 57.6 Å². The largest absolute Gasteiger partial charge is 0.392 e. The number of hydrogen-bond donors (Lipinski definition) is 1. The molecule has 2 heterocycles. The van der Waals surface area contributed by atoms with Crippen molar-refractivity contribution >= 4 is 9.84 Å². The molecule has 2 atom stereocenters. The highest BCUT2D eigenvalue weighted by molar-refractivity contribution is 7.91. The van der Waals surface area contributed by atoms with E-state index in [9.17, 15) is 17.9 Å². The van der Waals surface area contributed by atoms with Crippen molar-refractivity contribution in [2.75, 3.05) is 24.6 Å². The van der Waals surface area contributed by atoms with Gasteiger partial charge >= 0.3 is 0 Å². The third kappa shape index (κ3) is 3.67. The van der Waals surface area contributed by atoms with E-state index >= 15 is 0 Å². The molecule has 0 unspecified atom stereocenters. The lowest BCUT2D eigenvalue weighted by atomic mass is 9.99. The van der Waals surface area contributed by atoms with Crippen LogP contribution in [0.5, 0.6) is 0 Å². The van der Waals surface area contributed by atoms with E-state index in [-0.39, 0.29) is 29.5 Å². The number of halogens is 1. The molecule has 2 aliphatic rings. The lowest BCUT2D eigenvalue weighted by Gasteiger charge is -2.30. The fraction of sp³-hybridized carbons (Fsp3) is 0.625. The van der Waals surface area contributed by atoms with Crippen LogP contribution in [0.1, 0.15) is 30.9 Å². The highest BCUT2D eigenvalue weighted by atomic mass is 32.2. The quantitative estimate of drug-likeness (QED) is 0.919. The first-order valence-corrected chi connectivity index (χ1v) is 9.63. The van der Waals surface area contributed by atoms with Crippen molar-refractivity contribution in [3.05, 3.63) is 35.6 Å². The maximum absolute atomic E-state index is 13.1. The molecule has 2 saturated heterocycles. The average molecular weight is 327 g/mol. The van der Waals surface area contributed by atoms with Gasteiger partial charge in [-0.25, -0.2) is 12.8 Å². The smallest absolute Gasteiger partial charge is 0.150 e. The number of nitrogens with zero attached hydrogens (tertiary/aromatic N) is 1. The van der Waals surface area contributed by atoms with Gasteiger partial charge in [0.05, 0.1) is 17.6 Å². The summed E-state index contributed by atoms with van der Waals surface area (Å²) >= 11 is 0. The van der Waals surface area contributed by atoms with Crippen molar-refractivity contribution < 1.29 is 17.9 Å². The Balaban J connectivity index is 1.67. The third-order valence-electron chi connectivity index (χ3n) is 4.80. The Morgan fingerprint density at radius 2 is 1.82 bits per heavy atom. The monoisotopic (exact) mass is 327 g/mol. The molecule has 1 N–H and O–H groups in total. The minimum absolute atomic E-state index is 0.0918. The van der Waals surface area contributed by atoms with Crippen LogP contribution in [-0.2, 0) is 9.84 Å². The summed E-state index contributed by atoms with van der Waals surface area (Å²) in [6, 6.07) is 6.54. The fourth-order valence-corrected chi connectivity index (χ4v) is 5.15. The molecule has 122 valence electrons. The predicted molar refractivity (Wildman–Crippen MR) is 82.7 cm³/mol. The summed E-state index contributed by atoms with van der Waals surface area (Å²) in [5, 5.41) is 9.99. The number of benzene rings is 1. The van der Waals surface area contributed by atoms with Gasteiger partial charge in [-0.15, -0.1) is 0 Å². The molecular formula is C16H22FNO3S. The zero-order valence-electron chi connectivity index (χ0n) is 12.5. The van der Waals surface area contributed by atoms with Gasteiger partial charge in [0, 0.05) is 19.1 Å². The molecule has 0 bridgehead atoms. The highest BCUT2D eigenvalue weighted by Crippen LogP contribution is 2.34. The van der Waals surface area contributed by atoms with Crippen LogP contribution in [0.4, 0.5) is 4.39 Å². The molecule has 0 aliphatic carbocycles. The molecule has 1 aromatic rings. The molecule has 3 rings (SSSR count). The Morgan fingerprint density at radius 3 is 2.45 bits per heavy atom. The van der Waals surface area contributed by atoms with E-state index in [1.165, 1.54) is 12.1 Å². The van der Waals surface area contributed by atoms with Crippen LogP contribution in [0.15, 0.2) is 24.3 Å². The molecule has 22 heavy (non-hydrogen) atoms. The van der Waals surface area contributed by atoms with Crippen LogP contribution in [-0.4, -0.2) is 49.1 Å². The second-order valence-electron chi connectivity index (χ2n) is 6.51. The first-order chi connectivity index (χ1) is 10.4. The first kappa shape index (κ1) is 15.9. The SMILES string of the molecule is O=S1(=O)CCC(CN2C[C@H](O)C[C@@H]2c2ccc(F)cc2)CC1. The first-order valence-electron chi connectivity index (χ1n) is 7.81. The molecule has 0 amide bonds. The maximum Gasteiger partial charge on any atom is 0.150 e. The summed E-state index contributed by atoms with van der Waals surface area (Å²) in [5.74, 6) is 0.646. The Morgan fingerprint density at radius 1 is 1.18 bits per heavy atom. The lowest BCUT2D eigenvalue weighted by molar-refractivity contribution is 0.163. The molecular weight excluding hydrogens is 305 g/mol. The summed E-state index contributed by atoms with van der Waals surface area (Å²) in [6.07, 6.45) is 1.68. The van der Waals surface area contributed by atoms with Crippen LogP contribution >= 0.6 is 0 Å². The molecule has 6 heteroatoms. The number of hydrogen-bond acceptors (Lipinski definition) is 4. The van der Waals surface area contributed by atoms with Gasteiger partial charge < -0.3 is 5.11 Å². The zero-order valence-corrected chi connectivity index (χ0v) is 13.3. The van der Waals surface area contributed by atoms with Gasteiger partial charge in [0.1, 0.15) is 15.7 Å². The molecule has 4 nitrogen and oxygen atoms in total. The van der Waals surface area contributed by atoms with Crippen molar-refractivity contribution in [1.29, 1.82) is 0 Å². The Labute approximate surface area is 130 Å². The molecule has 0 saturated carbocycles. The van der Waals surface area contributed by atoms with Crippen LogP contribution < -0.4 is 0 Å². The van der Waals surface area contributed by atoms with Gasteiger partial charge in [0.15, 0.2) is 0 Å². The van der Waals surface area contributed by atoms with Crippen molar-refractivity contribution in [3.8, 4) is 0 Å². The van der Waals surface area contributed by atoms with E-state index in [0.717, 1.165) is 12.1 Å². The predicted octanol–water partition coefficient (Wildman–Crippen LogP) is 1.76. The van der Waals surface area contributed by atoms with Gasteiger partial charge in [0.2, 0.25) is 0 Å². The molecule has 2 fully saturated rings. The Kier molecular flexibility index (Phi) is 4.52. The number of likely N-dealkylation sites (tertiary alicyclic amines) is 1. The highest BCUT2D eigenvalue weighted by Gasteiger charge is 2.34. The summed E-state index contributed by atoms with van der Waals surface area (Å²) in [5.41, 5.74) is 1.02. The summed E-state index contributed by atoms with van der Waals surface area (Å²) in [4.78, 5) is 2.22. The van der Waals surface area contributed by atoms with Crippen LogP contribution in [0.2, 0.25) is 0 Å². The van der Waals surface area contributed by atoms with E-state index in [0.29, 0.717) is 31.7 Å². The Bertz CT molecular complexity index is 603. The summed E-state index contributed by atoms with van der Waals surface area (Å²) < 4.78 is 36.1. The second-order valence-corrected chi connectivity index (χ2v) is 8.81. The minimum atomic E-state index is -2.84. The summed E-state index contributed by atoms with van der Waals surface area (Å²) in [7, 11) is -2.84. The van der Waals surface area contributed by atoms with Gasteiger partial charge in [-0.1, -0.05) is 12.1 Å². The van der Waals surface area contributed by atoms with Crippen molar-refractivity contribution in [3.63, 3.8) is 0 Å². The van der Waals surface area contributed by atoms with Gasteiger partial charge in [-0.3, -0.25) is 4.90 Å². The average Bonchev–Trinajstić information content (AvgIpc) is 2.83. The minimum Gasteiger partial charge on any atom is -0.392 e. The molecule has 0 spiro atoms. The van der Waals surface area contributed by atoms with E-state index in [2.05, 4.69) is 4.90 Å². The third-order valence-corrected chi connectivity index (χ3v) is 6.52. The zero-order chi connectivity index (χ0) is 15.7. The van der Waals surface area contributed by atoms with Crippen LogP contribution in [0, 0.1) is 11.7 Å². The Hall–Kier alpha value is -0.980. The van der Waals surface area contributed by atoms with Gasteiger partial charge in [-0.2, -0.15) is 0 Å². The molecule has 2 aliphatic heterocycles. The number of aliphatic hydroxyl groups excluding tert-OH is 1. The standard InChI is InChI=1S/C16H22FNO3S/c17-14-3-1-13(2-4-14)16-9-15(19)11-18(16)10-12-5-7-22(20,21)8-6-12/h1-4,12,15-16,19H,5-11H2/t15-,16-/m1/s1. The molecule has 1 aromatic carbocycles. The molecule has 0 aromatic heterocycles. The van der Waals surface area contributed by atoms with E-state index in [1.54, 1.807) is 12.1 Å². The van der Waals surface area contributed by atoms with Crippen molar-refractivity contribution in [2.45, 2.75) is 31.4 Å². The van der Waals surface area contributed by atoms with E-state index < -0.39 is 9.84 Å². The van der Waals surface area contributed by atoms with E-state index in [1.807, 2.05) is 0 Å². The number of β-amino-alcohol motifs (C(OH)–C–C–N with tert-alkyl or cyclic N) is 1. The second kappa shape index (κ2) is 6.26. The van der Waals surface area contributed by atoms with Crippen LogP contribution in [0.3, 0.4) is 0 Å².